The molecule has 1 aliphatic rings. The van der Waals surface area contributed by atoms with Crippen LogP contribution in [0.15, 0.2) is 42.6 Å². The number of nitrogens with zero attached hydrogens (tertiary/aromatic N) is 2. The van der Waals surface area contributed by atoms with Crippen molar-refractivity contribution in [2.45, 2.75) is 39.2 Å². The zero-order chi connectivity index (χ0) is 32.2. The molecular formula is C28H29F4N4O7P. The van der Waals surface area contributed by atoms with Gasteiger partial charge in [-0.1, -0.05) is 18.2 Å². The third kappa shape index (κ3) is 7.52. The molecule has 0 radical (unpaired) electrons. The molecule has 2 atom stereocenters. The largest absolute Gasteiger partial charge is 0.505 e. The van der Waals surface area contributed by atoms with E-state index >= 15 is 0 Å². The predicted molar refractivity (Wildman–Crippen MR) is 149 cm³/mol. The summed E-state index contributed by atoms with van der Waals surface area (Å²) in [5.74, 6) is -3.12. The maximum absolute atomic E-state index is 13.6. The molecule has 0 bridgehead atoms. The monoisotopic (exact) mass is 640 g/mol. The maximum atomic E-state index is 13.6. The zero-order valence-electron chi connectivity index (χ0n) is 23.6. The smallest absolute Gasteiger partial charge is 0.412 e. The van der Waals surface area contributed by atoms with Crippen LogP contribution in [0.4, 0.5) is 17.6 Å². The molecule has 2 aromatic carbocycles. The molecule has 2 heterocycles. The molecule has 16 heteroatoms. The second kappa shape index (κ2) is 13.3. The van der Waals surface area contributed by atoms with Gasteiger partial charge in [0.25, 0.3) is 19.3 Å². The van der Waals surface area contributed by atoms with Crippen molar-refractivity contribution in [3.8, 4) is 5.75 Å². The van der Waals surface area contributed by atoms with Crippen LogP contribution in [-0.4, -0.2) is 70.9 Å². The minimum atomic E-state index is -4.82. The quantitative estimate of drug-likeness (QED) is 0.150. The van der Waals surface area contributed by atoms with E-state index in [0.29, 0.717) is 5.56 Å². The number of aromatic hydroxyl groups is 1. The Hall–Kier alpha value is -4.07. The van der Waals surface area contributed by atoms with Crippen molar-refractivity contribution in [3.05, 3.63) is 70.7 Å². The summed E-state index contributed by atoms with van der Waals surface area (Å²) in [5.41, 5.74) is 0.581. The van der Waals surface area contributed by atoms with Crippen LogP contribution in [0.25, 0.3) is 10.9 Å². The number of phenols is 1. The van der Waals surface area contributed by atoms with E-state index in [1.54, 1.807) is 0 Å². The van der Waals surface area contributed by atoms with Crippen molar-refractivity contribution < 1.29 is 50.9 Å². The molecule has 2 amide bonds. The first-order valence-corrected chi connectivity index (χ1v) is 15.2. The van der Waals surface area contributed by atoms with Gasteiger partial charge in [-0.3, -0.25) is 23.9 Å². The number of carbonyl (C=O) groups excluding carboxylic acids is 3. The van der Waals surface area contributed by atoms with Gasteiger partial charge in [-0.25, -0.2) is 9.48 Å². The number of esters is 1. The van der Waals surface area contributed by atoms with Gasteiger partial charge < -0.3 is 24.6 Å². The topological polar surface area (TPSA) is 147 Å². The molecule has 1 unspecified atom stereocenters. The van der Waals surface area contributed by atoms with Crippen LogP contribution in [0.5, 0.6) is 5.75 Å². The minimum Gasteiger partial charge on any atom is -0.505 e. The molecule has 0 aliphatic carbocycles. The fraction of sp³-hybridized carbons (Fsp3) is 0.357. The van der Waals surface area contributed by atoms with Gasteiger partial charge in [0.05, 0.1) is 23.9 Å². The van der Waals surface area contributed by atoms with Gasteiger partial charge in [0.1, 0.15) is 17.4 Å². The number of phenolic OH excluding ortho intramolecular Hbond substituents is 1. The number of carbonyl (C=O) groups is 3. The number of halogens is 4. The molecule has 1 aromatic heterocycles. The summed E-state index contributed by atoms with van der Waals surface area (Å²) in [4.78, 5) is 44.4. The third-order valence-corrected chi connectivity index (χ3v) is 8.80. The molecule has 236 valence electrons. The van der Waals surface area contributed by atoms with Crippen LogP contribution in [0, 0.1) is 5.82 Å². The van der Waals surface area contributed by atoms with Gasteiger partial charge in [0.2, 0.25) is 0 Å². The lowest BCUT2D eigenvalue weighted by molar-refractivity contribution is -0.153. The predicted octanol–water partition coefficient (Wildman–Crippen LogP) is 4.28. The van der Waals surface area contributed by atoms with E-state index in [1.807, 2.05) is 0 Å². The molecule has 44 heavy (non-hydrogen) atoms. The Bertz CT molecular complexity index is 1620. The van der Waals surface area contributed by atoms with Gasteiger partial charge >= 0.3 is 12.1 Å². The van der Waals surface area contributed by atoms with E-state index in [9.17, 15) is 41.6 Å². The van der Waals surface area contributed by atoms with Crippen molar-refractivity contribution in [3.63, 3.8) is 0 Å². The third-order valence-electron chi connectivity index (χ3n) is 6.66. The van der Waals surface area contributed by atoms with E-state index < -0.39 is 68.4 Å². The number of hydrogen-bond acceptors (Lipinski definition) is 8. The van der Waals surface area contributed by atoms with Crippen molar-refractivity contribution in [1.82, 2.24) is 20.3 Å². The van der Waals surface area contributed by atoms with Crippen LogP contribution < -0.4 is 10.4 Å². The molecule has 3 N–H and O–H groups in total. The van der Waals surface area contributed by atoms with E-state index in [1.165, 1.54) is 61.3 Å². The summed E-state index contributed by atoms with van der Waals surface area (Å²) < 4.78 is 74.8. The number of hydrogen-bond donors (Lipinski definition) is 3. The lowest BCUT2D eigenvalue weighted by Crippen LogP contribution is -2.37. The van der Waals surface area contributed by atoms with Crippen LogP contribution in [0.2, 0.25) is 0 Å². The van der Waals surface area contributed by atoms with Crippen molar-refractivity contribution in [2.75, 3.05) is 25.9 Å². The van der Waals surface area contributed by atoms with Gasteiger partial charge in [-0.05, 0) is 37.6 Å². The van der Waals surface area contributed by atoms with Crippen LogP contribution in [0.1, 0.15) is 45.7 Å². The lowest BCUT2D eigenvalue weighted by Gasteiger charge is -2.23. The van der Waals surface area contributed by atoms with Crippen molar-refractivity contribution >= 4 is 36.2 Å². The van der Waals surface area contributed by atoms with Gasteiger partial charge in [0.15, 0.2) is 12.4 Å². The van der Waals surface area contributed by atoms with Gasteiger partial charge in [0, 0.05) is 36.8 Å². The number of fused-ring (bicyclic) bond motifs is 2. The molecule has 4 rings (SSSR count). The van der Waals surface area contributed by atoms with Crippen molar-refractivity contribution in [1.29, 1.82) is 0 Å². The highest BCUT2D eigenvalue weighted by Gasteiger charge is 2.38. The number of alkyl halides is 3. The van der Waals surface area contributed by atoms with E-state index in [-0.39, 0.29) is 47.3 Å². The maximum Gasteiger partial charge on any atom is 0.412 e. The first kappa shape index (κ1) is 32.8. The zero-order valence-corrected chi connectivity index (χ0v) is 24.5. The molecule has 0 saturated heterocycles. The summed E-state index contributed by atoms with van der Waals surface area (Å²) >= 11 is 0. The first-order valence-electron chi connectivity index (χ1n) is 13.4. The Labute approximate surface area is 249 Å². The Kier molecular flexibility index (Phi) is 9.91. The Morgan fingerprint density at radius 2 is 1.91 bits per heavy atom. The Morgan fingerprint density at radius 1 is 1.20 bits per heavy atom. The van der Waals surface area contributed by atoms with Gasteiger partial charge in [-0.2, -0.15) is 13.2 Å². The highest BCUT2D eigenvalue weighted by Crippen LogP contribution is 2.44. The summed E-state index contributed by atoms with van der Waals surface area (Å²) in [5, 5.41) is 15.9. The number of pyridine rings is 1. The second-order valence-corrected chi connectivity index (χ2v) is 12.2. The average molecular weight is 641 g/mol. The van der Waals surface area contributed by atoms with Crippen LogP contribution in [-0.2, 0) is 31.7 Å². The summed E-state index contributed by atoms with van der Waals surface area (Å²) in [6, 6.07) is 7.19. The fourth-order valence-corrected chi connectivity index (χ4v) is 6.50. The standard InChI is InChI=1S/C28H29F4N4O7P/c1-3-42-27(40)16(2)35-44(41,43-15-28(30,31)32)12-11-34-25(38)21-19-5-4-10-33-23(19)24(37)22-20(21)14-36(26(22)39)13-17-6-8-18(29)9-7-17/h4-10,16,37H,3,11-15H2,1-2H3,(H,34,38)(H,35,41)/t16-,44?/m0/s1. The number of nitrogens with one attached hydrogen (secondary N) is 2. The minimum absolute atomic E-state index is 0.0157. The number of aromatic nitrogens is 1. The highest BCUT2D eigenvalue weighted by atomic mass is 31.2. The molecule has 0 saturated carbocycles. The molecule has 1 aliphatic heterocycles. The van der Waals surface area contributed by atoms with Crippen LogP contribution in [0.3, 0.4) is 0 Å². The normalized spacial score (nSPS) is 15.1. The molecule has 0 fully saturated rings. The average Bonchev–Trinajstić information content (AvgIpc) is 3.28. The summed E-state index contributed by atoms with van der Waals surface area (Å²) in [6.07, 6.45) is -4.10. The SMILES string of the molecule is CCOC(=O)[C@H](C)NP(=O)(CCNC(=O)c1c2c(c(O)c3ncccc13)C(=O)N(Cc1ccc(F)cc1)C2)OCC(F)(F)F. The number of rotatable bonds is 12. The molecular weight excluding hydrogens is 611 g/mol. The Balaban J connectivity index is 1.59. The highest BCUT2D eigenvalue weighted by molar-refractivity contribution is 7.57. The summed E-state index contributed by atoms with van der Waals surface area (Å²) in [7, 11) is -4.36. The van der Waals surface area contributed by atoms with E-state index in [0.717, 1.165) is 0 Å². The number of amides is 2. The fourth-order valence-electron chi connectivity index (χ4n) is 4.71. The molecule has 0 spiro atoms. The lowest BCUT2D eigenvalue weighted by atomic mass is 9.96. The van der Waals surface area contributed by atoms with Crippen molar-refractivity contribution in [2.24, 2.45) is 0 Å². The number of ether oxygens (including phenoxy) is 1. The van der Waals surface area contributed by atoms with E-state index in [4.69, 9.17) is 4.74 Å². The molecule has 3 aromatic rings. The van der Waals surface area contributed by atoms with E-state index in [2.05, 4.69) is 19.9 Å². The Morgan fingerprint density at radius 3 is 2.57 bits per heavy atom. The van der Waals surface area contributed by atoms with Crippen LogP contribution >= 0.6 is 7.52 Å². The van der Waals surface area contributed by atoms with Gasteiger partial charge in [-0.15, -0.1) is 0 Å². The molecule has 11 nitrogen and oxygen atoms in total. The summed E-state index contributed by atoms with van der Waals surface area (Å²) in [6.45, 7) is 0.372. The number of benzene rings is 2. The first-order chi connectivity index (χ1) is 20.7. The second-order valence-electron chi connectivity index (χ2n) is 9.91.